The monoisotopic (exact) mass is 532 g/mol. The Kier molecular flexibility index (Phi) is 9.27. The molecule has 0 radical (unpaired) electrons. The van der Waals surface area contributed by atoms with Crippen LogP contribution in [-0.2, 0) is 13.0 Å². The van der Waals surface area contributed by atoms with Gasteiger partial charge in [-0.2, -0.15) is 0 Å². The van der Waals surface area contributed by atoms with Gasteiger partial charge in [-0.1, -0.05) is 35.3 Å². The van der Waals surface area contributed by atoms with Gasteiger partial charge in [-0.25, -0.2) is 4.99 Å². The molecule has 9 heteroatoms. The lowest BCUT2D eigenvalue weighted by Gasteiger charge is -2.11. The standard InChI is InChI=1S/C19H22Cl2N6.HI/c1-2-22-19(23-10-5-6-14-8-9-15(20)12-16(14)21)24-13-18-26-25-17-7-3-4-11-27(17)18;/h3-4,7-9,11-12H,2,5-6,10,13H2,1H3,(H2,22,23,24);1H. The molecule has 0 saturated carbocycles. The quantitative estimate of drug-likeness (QED) is 0.205. The van der Waals surface area contributed by atoms with Crippen molar-refractivity contribution in [1.29, 1.82) is 0 Å². The lowest BCUT2D eigenvalue weighted by molar-refractivity contribution is 0.740. The van der Waals surface area contributed by atoms with Crippen molar-refractivity contribution in [1.82, 2.24) is 25.2 Å². The normalized spacial score (nSPS) is 11.3. The average molecular weight is 533 g/mol. The Morgan fingerprint density at radius 1 is 1.14 bits per heavy atom. The number of rotatable bonds is 7. The fraction of sp³-hybridized carbons (Fsp3) is 0.316. The number of aromatic nitrogens is 3. The third kappa shape index (κ3) is 6.22. The topological polar surface area (TPSA) is 66.6 Å². The second kappa shape index (κ2) is 11.4. The molecule has 3 rings (SSSR count). The van der Waals surface area contributed by atoms with E-state index in [0.717, 1.165) is 48.9 Å². The van der Waals surface area contributed by atoms with E-state index in [9.17, 15) is 0 Å². The van der Waals surface area contributed by atoms with E-state index in [1.807, 2.05) is 47.9 Å². The van der Waals surface area contributed by atoms with Gasteiger partial charge < -0.3 is 10.6 Å². The number of fused-ring (bicyclic) bond motifs is 1. The zero-order valence-corrected chi connectivity index (χ0v) is 19.4. The molecule has 2 heterocycles. The van der Waals surface area contributed by atoms with Crippen LogP contribution in [0.3, 0.4) is 0 Å². The van der Waals surface area contributed by atoms with Gasteiger partial charge in [0.25, 0.3) is 0 Å². The maximum atomic E-state index is 6.22. The van der Waals surface area contributed by atoms with Gasteiger partial charge in [0.15, 0.2) is 17.4 Å². The summed E-state index contributed by atoms with van der Waals surface area (Å²) < 4.78 is 1.94. The zero-order chi connectivity index (χ0) is 19.1. The molecule has 0 aliphatic carbocycles. The van der Waals surface area contributed by atoms with Crippen molar-refractivity contribution in [2.75, 3.05) is 13.1 Å². The number of aryl methyl sites for hydroxylation is 1. The number of benzene rings is 1. The summed E-state index contributed by atoms with van der Waals surface area (Å²) in [7, 11) is 0. The lowest BCUT2D eigenvalue weighted by atomic mass is 10.1. The highest BCUT2D eigenvalue weighted by Gasteiger charge is 2.05. The molecule has 3 aromatic rings. The Morgan fingerprint density at radius 2 is 2.00 bits per heavy atom. The molecule has 0 spiro atoms. The van der Waals surface area contributed by atoms with E-state index in [-0.39, 0.29) is 24.0 Å². The van der Waals surface area contributed by atoms with E-state index >= 15 is 0 Å². The lowest BCUT2D eigenvalue weighted by Crippen LogP contribution is -2.37. The third-order valence-electron chi connectivity index (χ3n) is 4.04. The molecule has 0 atom stereocenters. The first-order valence-corrected chi connectivity index (χ1v) is 9.67. The molecular weight excluding hydrogens is 510 g/mol. The van der Waals surface area contributed by atoms with Gasteiger partial charge in [-0.3, -0.25) is 4.40 Å². The number of guanidine groups is 1. The summed E-state index contributed by atoms with van der Waals surface area (Å²) >= 11 is 12.2. The van der Waals surface area contributed by atoms with Gasteiger partial charge >= 0.3 is 0 Å². The molecule has 0 aliphatic rings. The molecule has 2 N–H and O–H groups in total. The van der Waals surface area contributed by atoms with Gasteiger partial charge in [0.05, 0.1) is 0 Å². The van der Waals surface area contributed by atoms with Crippen molar-refractivity contribution in [3.05, 3.63) is 64.0 Å². The summed E-state index contributed by atoms with van der Waals surface area (Å²) in [6.45, 7) is 4.06. The van der Waals surface area contributed by atoms with Crippen LogP contribution in [0.5, 0.6) is 0 Å². The second-order valence-electron chi connectivity index (χ2n) is 6.01. The third-order valence-corrected chi connectivity index (χ3v) is 4.62. The Hall–Kier alpha value is -1.58. The van der Waals surface area contributed by atoms with Gasteiger partial charge in [-0.15, -0.1) is 34.2 Å². The van der Waals surface area contributed by atoms with Crippen molar-refractivity contribution in [3.8, 4) is 0 Å². The number of hydrogen-bond donors (Lipinski definition) is 2. The number of aliphatic imine (C=N–C) groups is 1. The van der Waals surface area contributed by atoms with E-state index < -0.39 is 0 Å². The van der Waals surface area contributed by atoms with Crippen LogP contribution in [0.1, 0.15) is 24.7 Å². The first-order chi connectivity index (χ1) is 13.2. The molecule has 1 aromatic carbocycles. The molecule has 6 nitrogen and oxygen atoms in total. The maximum Gasteiger partial charge on any atom is 0.191 e. The highest BCUT2D eigenvalue weighted by atomic mass is 127. The van der Waals surface area contributed by atoms with E-state index in [4.69, 9.17) is 23.2 Å². The Balaban J connectivity index is 0.00000280. The van der Waals surface area contributed by atoms with Crippen LogP contribution >= 0.6 is 47.2 Å². The van der Waals surface area contributed by atoms with E-state index in [1.54, 1.807) is 6.07 Å². The summed E-state index contributed by atoms with van der Waals surface area (Å²) in [5, 5.41) is 16.3. The summed E-state index contributed by atoms with van der Waals surface area (Å²) in [6.07, 6.45) is 3.74. The molecule has 0 fully saturated rings. The largest absolute Gasteiger partial charge is 0.357 e. The Bertz CT molecular complexity index is 928. The minimum atomic E-state index is 0. The molecule has 0 unspecified atom stereocenters. The predicted molar refractivity (Wildman–Crippen MR) is 126 cm³/mol. The van der Waals surface area contributed by atoms with Crippen LogP contribution < -0.4 is 10.6 Å². The van der Waals surface area contributed by atoms with Crippen LogP contribution in [0.2, 0.25) is 10.0 Å². The summed E-state index contributed by atoms with van der Waals surface area (Å²) in [5.41, 5.74) is 1.92. The van der Waals surface area contributed by atoms with E-state index in [0.29, 0.717) is 16.6 Å². The number of nitrogens with zero attached hydrogens (tertiary/aromatic N) is 4. The Labute approximate surface area is 191 Å². The first-order valence-electron chi connectivity index (χ1n) is 8.92. The fourth-order valence-electron chi connectivity index (χ4n) is 2.70. The van der Waals surface area contributed by atoms with E-state index in [2.05, 4.69) is 25.8 Å². The molecule has 0 amide bonds. The second-order valence-corrected chi connectivity index (χ2v) is 6.85. The number of hydrogen-bond acceptors (Lipinski definition) is 3. The molecular formula is C19H23Cl2IN6. The minimum absolute atomic E-state index is 0. The number of pyridine rings is 1. The first kappa shape index (κ1) is 22.7. The van der Waals surface area contributed by atoms with Gasteiger partial charge in [0.2, 0.25) is 0 Å². The van der Waals surface area contributed by atoms with Crippen LogP contribution in [0.4, 0.5) is 0 Å². The number of halogens is 3. The molecule has 0 aliphatic heterocycles. The molecule has 0 saturated heterocycles. The SMILES string of the molecule is CCNC(=NCc1nnc2ccccn12)NCCCc1ccc(Cl)cc1Cl.I. The Morgan fingerprint density at radius 3 is 2.79 bits per heavy atom. The highest BCUT2D eigenvalue weighted by Crippen LogP contribution is 2.21. The molecule has 150 valence electrons. The predicted octanol–water partition coefficient (Wildman–Crippen LogP) is 4.34. The van der Waals surface area contributed by atoms with Gasteiger partial charge in [0, 0.05) is 29.3 Å². The average Bonchev–Trinajstić information content (AvgIpc) is 3.08. The van der Waals surface area contributed by atoms with Gasteiger partial charge in [0.1, 0.15) is 6.54 Å². The maximum absolute atomic E-state index is 6.22. The van der Waals surface area contributed by atoms with Crippen molar-refractivity contribution in [2.45, 2.75) is 26.3 Å². The molecule has 2 aromatic heterocycles. The van der Waals surface area contributed by atoms with Crippen LogP contribution in [-0.4, -0.2) is 33.6 Å². The van der Waals surface area contributed by atoms with Crippen molar-refractivity contribution in [2.24, 2.45) is 4.99 Å². The molecule has 28 heavy (non-hydrogen) atoms. The highest BCUT2D eigenvalue weighted by molar-refractivity contribution is 14.0. The minimum Gasteiger partial charge on any atom is -0.357 e. The zero-order valence-electron chi connectivity index (χ0n) is 15.5. The molecule has 0 bridgehead atoms. The summed E-state index contributed by atoms with van der Waals surface area (Å²) in [4.78, 5) is 4.61. The summed E-state index contributed by atoms with van der Waals surface area (Å²) in [6, 6.07) is 11.4. The van der Waals surface area contributed by atoms with Crippen LogP contribution in [0.15, 0.2) is 47.6 Å². The van der Waals surface area contributed by atoms with Crippen molar-refractivity contribution in [3.63, 3.8) is 0 Å². The van der Waals surface area contributed by atoms with Crippen molar-refractivity contribution >= 4 is 58.8 Å². The fourth-order valence-corrected chi connectivity index (χ4v) is 3.20. The van der Waals surface area contributed by atoms with Crippen LogP contribution in [0.25, 0.3) is 5.65 Å². The van der Waals surface area contributed by atoms with Crippen LogP contribution in [0, 0.1) is 0 Å². The number of nitrogens with one attached hydrogen (secondary N) is 2. The van der Waals surface area contributed by atoms with E-state index in [1.165, 1.54) is 0 Å². The smallest absolute Gasteiger partial charge is 0.191 e. The van der Waals surface area contributed by atoms with Gasteiger partial charge in [-0.05, 0) is 49.6 Å². The van der Waals surface area contributed by atoms with Crippen molar-refractivity contribution < 1.29 is 0 Å². The summed E-state index contributed by atoms with van der Waals surface area (Å²) in [5.74, 6) is 1.56.